The van der Waals surface area contributed by atoms with Crippen LogP contribution in [0.1, 0.15) is 0 Å². The summed E-state index contributed by atoms with van der Waals surface area (Å²) in [5.74, 6) is -3.36. The second kappa shape index (κ2) is 8.33. The number of ether oxygens (including phenoxy) is 3. The summed E-state index contributed by atoms with van der Waals surface area (Å²) in [6.07, 6.45) is -6.12. The molecule has 3 aromatic rings. The van der Waals surface area contributed by atoms with Crippen LogP contribution in [0.5, 0.6) is 34.5 Å². The van der Waals surface area contributed by atoms with Crippen LogP contribution in [0, 0.1) is 0 Å². The number of rotatable bonds is 4. The molecule has 4 rings (SSSR count). The Hall–Kier alpha value is -3.71. The molecule has 0 saturated carbocycles. The molecule has 1 fully saturated rings. The molecule has 0 spiro atoms. The quantitative estimate of drug-likeness (QED) is 0.257. The summed E-state index contributed by atoms with van der Waals surface area (Å²) in [6.45, 7) is -0.365. The monoisotopic (exact) mass is 464 g/mol. The van der Waals surface area contributed by atoms with Crippen LogP contribution < -0.4 is 14.9 Å². The Kier molecular flexibility index (Phi) is 5.68. The predicted octanol–water partition coefficient (Wildman–Crippen LogP) is 0.109. The number of aromatic hydroxyl groups is 4. The first-order chi connectivity index (χ1) is 15.6. The van der Waals surface area contributed by atoms with Crippen molar-refractivity contribution in [3.8, 4) is 45.8 Å². The van der Waals surface area contributed by atoms with Gasteiger partial charge in [0.05, 0.1) is 13.7 Å². The number of hydrogen-bond acceptors (Lipinski definition) is 12. The molecule has 12 nitrogen and oxygen atoms in total. The zero-order valence-corrected chi connectivity index (χ0v) is 17.0. The third kappa shape index (κ3) is 3.85. The third-order valence-electron chi connectivity index (χ3n) is 5.14. The maximum atomic E-state index is 12.9. The molecule has 176 valence electrons. The first-order valence-electron chi connectivity index (χ1n) is 9.58. The van der Waals surface area contributed by atoms with Crippen LogP contribution in [0.2, 0.25) is 0 Å². The Morgan fingerprint density at radius 3 is 2.39 bits per heavy atom. The van der Waals surface area contributed by atoms with Gasteiger partial charge in [0, 0.05) is 17.7 Å². The zero-order chi connectivity index (χ0) is 24.0. The summed E-state index contributed by atoms with van der Waals surface area (Å²) in [5.41, 5.74) is -0.985. The summed E-state index contributed by atoms with van der Waals surface area (Å²) < 4.78 is 21.3. The van der Waals surface area contributed by atoms with E-state index >= 15 is 0 Å². The van der Waals surface area contributed by atoms with Gasteiger partial charge < -0.3 is 54.4 Å². The first kappa shape index (κ1) is 22.5. The summed E-state index contributed by atoms with van der Waals surface area (Å²) in [6, 6.07) is 4.22. The van der Waals surface area contributed by atoms with Gasteiger partial charge in [-0.05, 0) is 12.1 Å². The molecule has 0 aliphatic carbocycles. The van der Waals surface area contributed by atoms with Gasteiger partial charge in [-0.1, -0.05) is 0 Å². The van der Waals surface area contributed by atoms with Crippen molar-refractivity contribution < 1.29 is 54.4 Å². The van der Waals surface area contributed by atoms with Crippen molar-refractivity contribution in [1.82, 2.24) is 0 Å². The largest absolute Gasteiger partial charge is 0.508 e. The van der Waals surface area contributed by atoms with Gasteiger partial charge in [-0.2, -0.15) is 0 Å². The molecule has 4 atom stereocenters. The lowest BCUT2D eigenvalue weighted by Gasteiger charge is -2.35. The maximum Gasteiger partial charge on any atom is 0.239 e. The van der Waals surface area contributed by atoms with Gasteiger partial charge in [0.25, 0.3) is 0 Å². The SMILES string of the molecule is COc1c(-c2cc(O)c(O)c(O[C@@H]3OC[C@@H](O)C(O)C3O)c2)oc2cc(O)cc(O)c2c1=O. The second-order valence-corrected chi connectivity index (χ2v) is 7.34. The van der Waals surface area contributed by atoms with Crippen LogP contribution in [0.15, 0.2) is 33.5 Å². The molecule has 1 aliphatic heterocycles. The number of benzene rings is 2. The van der Waals surface area contributed by atoms with E-state index in [1.165, 1.54) is 7.11 Å². The number of hydrogen-bond donors (Lipinski definition) is 7. The molecule has 0 radical (unpaired) electrons. The van der Waals surface area contributed by atoms with Gasteiger partial charge in [-0.25, -0.2) is 0 Å². The predicted molar refractivity (Wildman–Crippen MR) is 110 cm³/mol. The van der Waals surface area contributed by atoms with E-state index in [-0.39, 0.29) is 40.4 Å². The lowest BCUT2D eigenvalue weighted by molar-refractivity contribution is -0.242. The van der Waals surface area contributed by atoms with Crippen LogP contribution >= 0.6 is 0 Å². The molecule has 1 saturated heterocycles. The van der Waals surface area contributed by atoms with Gasteiger partial charge in [-0.15, -0.1) is 0 Å². The van der Waals surface area contributed by atoms with Gasteiger partial charge in [0.15, 0.2) is 17.3 Å². The summed E-state index contributed by atoms with van der Waals surface area (Å²) in [7, 11) is 1.18. The number of phenols is 4. The summed E-state index contributed by atoms with van der Waals surface area (Å²) in [4.78, 5) is 12.9. The Labute approximate surface area is 184 Å². The highest BCUT2D eigenvalue weighted by molar-refractivity contribution is 5.88. The van der Waals surface area contributed by atoms with Crippen LogP contribution in [0.4, 0.5) is 0 Å². The number of fused-ring (bicyclic) bond motifs is 1. The zero-order valence-electron chi connectivity index (χ0n) is 17.0. The van der Waals surface area contributed by atoms with E-state index in [1.807, 2.05) is 0 Å². The van der Waals surface area contributed by atoms with Crippen molar-refractivity contribution >= 4 is 11.0 Å². The third-order valence-corrected chi connectivity index (χ3v) is 5.14. The smallest absolute Gasteiger partial charge is 0.239 e. The van der Waals surface area contributed by atoms with E-state index in [2.05, 4.69) is 0 Å². The highest BCUT2D eigenvalue weighted by atomic mass is 16.7. The molecule has 1 aliphatic rings. The lowest BCUT2D eigenvalue weighted by Crippen LogP contribution is -2.54. The molecule has 2 aromatic carbocycles. The van der Waals surface area contributed by atoms with E-state index in [0.717, 1.165) is 24.3 Å². The highest BCUT2D eigenvalue weighted by Gasteiger charge is 2.39. The Morgan fingerprint density at radius 1 is 0.970 bits per heavy atom. The number of phenolic OH excluding ortho intramolecular Hbond substituents is 4. The normalized spacial score (nSPS) is 22.9. The van der Waals surface area contributed by atoms with E-state index in [1.54, 1.807) is 0 Å². The minimum Gasteiger partial charge on any atom is -0.508 e. The fraction of sp³-hybridized carbons (Fsp3) is 0.286. The minimum absolute atomic E-state index is 0.0233. The summed E-state index contributed by atoms with van der Waals surface area (Å²) in [5, 5.41) is 69.4. The lowest BCUT2D eigenvalue weighted by atomic mass is 10.1. The van der Waals surface area contributed by atoms with Crippen molar-refractivity contribution in [1.29, 1.82) is 0 Å². The van der Waals surface area contributed by atoms with Crippen LogP contribution in [-0.4, -0.2) is 74.1 Å². The van der Waals surface area contributed by atoms with E-state index < -0.39 is 53.0 Å². The molecule has 0 bridgehead atoms. The number of methoxy groups -OCH3 is 1. The van der Waals surface area contributed by atoms with Crippen LogP contribution in [-0.2, 0) is 4.74 Å². The van der Waals surface area contributed by atoms with E-state index in [0.29, 0.717) is 0 Å². The average Bonchev–Trinajstić information content (AvgIpc) is 2.76. The Balaban J connectivity index is 1.84. The molecule has 2 heterocycles. The molecule has 12 heteroatoms. The second-order valence-electron chi connectivity index (χ2n) is 7.34. The number of aliphatic hydroxyl groups is 3. The number of aliphatic hydroxyl groups excluding tert-OH is 3. The van der Waals surface area contributed by atoms with E-state index in [9.17, 15) is 40.5 Å². The molecule has 33 heavy (non-hydrogen) atoms. The summed E-state index contributed by atoms with van der Waals surface area (Å²) >= 11 is 0. The molecule has 7 N–H and O–H groups in total. The van der Waals surface area contributed by atoms with Crippen LogP contribution in [0.25, 0.3) is 22.3 Å². The van der Waals surface area contributed by atoms with Gasteiger partial charge in [0.1, 0.15) is 40.8 Å². The fourth-order valence-corrected chi connectivity index (χ4v) is 3.47. The van der Waals surface area contributed by atoms with Crippen molar-refractivity contribution in [2.24, 2.45) is 0 Å². The van der Waals surface area contributed by atoms with Crippen LogP contribution in [0.3, 0.4) is 0 Å². The maximum absolute atomic E-state index is 12.9. The first-order valence-corrected chi connectivity index (χ1v) is 9.58. The standard InChI is InChI=1S/C21H20O12/c1-30-20-17(28)14-9(23)4-8(22)5-12(14)32-19(20)7-2-10(24)15(26)13(3-7)33-21-18(29)16(27)11(25)6-31-21/h2-5,11,16,18,21-27,29H,6H2,1H3/t11-,16?,18?,21+/m1/s1. The van der Waals surface area contributed by atoms with E-state index in [4.69, 9.17) is 18.6 Å². The Morgan fingerprint density at radius 2 is 1.70 bits per heavy atom. The topological polar surface area (TPSA) is 200 Å². The van der Waals surface area contributed by atoms with Gasteiger partial charge in [-0.3, -0.25) is 4.79 Å². The molecule has 0 amide bonds. The van der Waals surface area contributed by atoms with Crippen molar-refractivity contribution in [2.75, 3.05) is 13.7 Å². The fourth-order valence-electron chi connectivity index (χ4n) is 3.47. The molecular weight excluding hydrogens is 444 g/mol. The van der Waals surface area contributed by atoms with Crippen molar-refractivity contribution in [2.45, 2.75) is 24.6 Å². The van der Waals surface area contributed by atoms with Crippen molar-refractivity contribution in [3.63, 3.8) is 0 Å². The highest BCUT2D eigenvalue weighted by Crippen LogP contribution is 2.43. The van der Waals surface area contributed by atoms with Crippen molar-refractivity contribution in [3.05, 3.63) is 34.5 Å². The minimum atomic E-state index is -1.68. The Bertz CT molecular complexity index is 1270. The average molecular weight is 464 g/mol. The van der Waals surface area contributed by atoms with Gasteiger partial charge >= 0.3 is 0 Å². The molecular formula is C21H20O12. The molecule has 2 unspecified atom stereocenters. The molecule has 1 aromatic heterocycles. The van der Waals surface area contributed by atoms with Gasteiger partial charge in [0.2, 0.25) is 23.2 Å².